The third kappa shape index (κ3) is 5.57. The number of amides is 1. The second-order valence-electron chi connectivity index (χ2n) is 8.06. The molecule has 36 heavy (non-hydrogen) atoms. The Kier molecular flexibility index (Phi) is 7.41. The van der Waals surface area contributed by atoms with E-state index in [1.807, 2.05) is 12.1 Å². The van der Waals surface area contributed by atoms with Crippen LogP contribution >= 0.6 is 11.6 Å². The maximum atomic E-state index is 13.5. The Morgan fingerprint density at radius 2 is 1.61 bits per heavy atom. The third-order valence-corrected chi connectivity index (χ3v) is 7.91. The molecule has 2 heterocycles. The van der Waals surface area contributed by atoms with Crippen LogP contribution in [-0.4, -0.2) is 56.9 Å². The molecule has 0 spiro atoms. The van der Waals surface area contributed by atoms with E-state index in [4.69, 9.17) is 11.6 Å². The molecule has 3 aromatic rings. The van der Waals surface area contributed by atoms with Crippen molar-refractivity contribution in [3.05, 3.63) is 83.6 Å². The number of rotatable bonds is 6. The normalized spacial score (nSPS) is 14.6. The van der Waals surface area contributed by atoms with E-state index in [2.05, 4.69) is 9.88 Å². The fourth-order valence-electron chi connectivity index (χ4n) is 3.89. The van der Waals surface area contributed by atoms with Crippen molar-refractivity contribution < 1.29 is 26.4 Å². The summed E-state index contributed by atoms with van der Waals surface area (Å²) in [5.41, 5.74) is -0.547. The van der Waals surface area contributed by atoms with Gasteiger partial charge < -0.3 is 9.80 Å². The molecule has 0 radical (unpaired) electrons. The first-order chi connectivity index (χ1) is 17.1. The van der Waals surface area contributed by atoms with Crippen LogP contribution in [0.4, 0.5) is 24.5 Å². The van der Waals surface area contributed by atoms with Crippen LogP contribution in [0.1, 0.15) is 5.56 Å². The predicted molar refractivity (Wildman–Crippen MR) is 130 cm³/mol. The summed E-state index contributed by atoms with van der Waals surface area (Å²) in [6, 6.07) is 13.3. The number of benzene rings is 2. The molecular formula is C24H22ClF3N4O3S. The van der Waals surface area contributed by atoms with Crippen LogP contribution < -0.4 is 9.21 Å². The quantitative estimate of drug-likeness (QED) is 0.468. The van der Waals surface area contributed by atoms with Gasteiger partial charge in [-0.25, -0.2) is 8.42 Å². The van der Waals surface area contributed by atoms with Gasteiger partial charge >= 0.3 is 6.18 Å². The molecule has 0 saturated carbocycles. The zero-order valence-electron chi connectivity index (χ0n) is 18.9. The maximum Gasteiger partial charge on any atom is 0.416 e. The number of carbonyl (C=O) groups excluding carboxylic acids is 1. The summed E-state index contributed by atoms with van der Waals surface area (Å²) in [4.78, 5) is 20.6. The monoisotopic (exact) mass is 538 g/mol. The maximum absolute atomic E-state index is 13.5. The lowest BCUT2D eigenvalue weighted by atomic mass is 10.2. The van der Waals surface area contributed by atoms with Crippen molar-refractivity contribution in [2.75, 3.05) is 41.9 Å². The van der Waals surface area contributed by atoms with Crippen molar-refractivity contribution in [1.82, 2.24) is 9.88 Å². The van der Waals surface area contributed by atoms with E-state index < -0.39 is 39.9 Å². The van der Waals surface area contributed by atoms with E-state index in [-0.39, 0.29) is 9.92 Å². The van der Waals surface area contributed by atoms with Crippen molar-refractivity contribution in [2.24, 2.45) is 0 Å². The Bertz CT molecular complexity index is 1320. The van der Waals surface area contributed by atoms with Crippen molar-refractivity contribution in [3.63, 3.8) is 0 Å². The Labute approximate surface area is 211 Å². The van der Waals surface area contributed by atoms with Gasteiger partial charge in [0.05, 0.1) is 21.2 Å². The number of carbonyl (C=O) groups is 1. The smallest absolute Gasteiger partial charge is 0.368 e. The van der Waals surface area contributed by atoms with E-state index in [9.17, 15) is 26.4 Å². The van der Waals surface area contributed by atoms with Gasteiger partial charge in [0.1, 0.15) is 6.54 Å². The number of halogens is 4. The van der Waals surface area contributed by atoms with E-state index in [0.29, 0.717) is 36.6 Å². The molecule has 0 atom stereocenters. The van der Waals surface area contributed by atoms with Gasteiger partial charge in [0.25, 0.3) is 10.0 Å². The Balaban J connectivity index is 1.63. The van der Waals surface area contributed by atoms with Crippen molar-refractivity contribution in [2.45, 2.75) is 11.1 Å². The number of nitrogens with zero attached hydrogens (tertiary/aromatic N) is 4. The lowest BCUT2D eigenvalue weighted by Crippen LogP contribution is -2.52. The lowest BCUT2D eigenvalue weighted by Gasteiger charge is -2.37. The molecule has 7 nitrogen and oxygen atoms in total. The van der Waals surface area contributed by atoms with Gasteiger partial charge in [-0.2, -0.15) is 13.2 Å². The summed E-state index contributed by atoms with van der Waals surface area (Å²) in [6.45, 7) is 0.942. The SMILES string of the molecule is O=C(CN(c1cc(C(F)(F)F)ccc1Cl)S(=O)(=O)c1ccccc1)N1CCN(c2ccncc2)CC1. The topological polar surface area (TPSA) is 73.8 Å². The molecule has 1 amide bonds. The van der Waals surface area contributed by atoms with E-state index in [1.165, 1.54) is 29.2 Å². The molecule has 1 aliphatic heterocycles. The Hall–Kier alpha value is -3.31. The Morgan fingerprint density at radius 3 is 2.22 bits per heavy atom. The van der Waals surface area contributed by atoms with Gasteiger partial charge in [0, 0.05) is 44.3 Å². The van der Waals surface area contributed by atoms with Crippen LogP contribution in [0.2, 0.25) is 5.02 Å². The van der Waals surface area contributed by atoms with Crippen molar-refractivity contribution in [1.29, 1.82) is 0 Å². The highest BCUT2D eigenvalue weighted by Gasteiger charge is 2.35. The Morgan fingerprint density at radius 1 is 0.972 bits per heavy atom. The molecule has 1 aromatic heterocycles. The largest absolute Gasteiger partial charge is 0.416 e. The highest BCUT2D eigenvalue weighted by Crippen LogP contribution is 2.37. The average Bonchev–Trinajstić information content (AvgIpc) is 2.88. The molecule has 1 fully saturated rings. The van der Waals surface area contributed by atoms with Crippen LogP contribution in [0.5, 0.6) is 0 Å². The summed E-state index contributed by atoms with van der Waals surface area (Å²) in [6.07, 6.45) is -1.40. The van der Waals surface area contributed by atoms with Gasteiger partial charge in [-0.3, -0.25) is 14.1 Å². The molecule has 190 valence electrons. The van der Waals surface area contributed by atoms with Crippen molar-refractivity contribution in [3.8, 4) is 0 Å². The van der Waals surface area contributed by atoms with Crippen LogP contribution in [-0.2, 0) is 21.0 Å². The summed E-state index contributed by atoms with van der Waals surface area (Å²) in [7, 11) is -4.41. The number of sulfonamides is 1. The molecule has 0 N–H and O–H groups in total. The lowest BCUT2D eigenvalue weighted by molar-refractivity contribution is -0.137. The second kappa shape index (κ2) is 10.4. The number of hydrogen-bond donors (Lipinski definition) is 0. The zero-order chi connectivity index (χ0) is 25.9. The number of aromatic nitrogens is 1. The van der Waals surface area contributed by atoms with Crippen LogP contribution in [0.3, 0.4) is 0 Å². The number of hydrogen-bond acceptors (Lipinski definition) is 5. The summed E-state index contributed by atoms with van der Waals surface area (Å²) in [5, 5.41) is -0.224. The number of pyridine rings is 1. The molecule has 1 aliphatic rings. The third-order valence-electron chi connectivity index (χ3n) is 5.81. The fourth-order valence-corrected chi connectivity index (χ4v) is 5.61. The first-order valence-electron chi connectivity index (χ1n) is 10.9. The molecule has 4 rings (SSSR count). The fraction of sp³-hybridized carbons (Fsp3) is 0.250. The van der Waals surface area contributed by atoms with E-state index in [0.717, 1.165) is 17.8 Å². The zero-order valence-corrected chi connectivity index (χ0v) is 20.5. The minimum absolute atomic E-state index is 0.172. The first kappa shape index (κ1) is 25.8. The molecule has 0 bridgehead atoms. The number of piperazine rings is 1. The standard InChI is InChI=1S/C24H22ClF3N4O3S/c25-21-7-6-18(24(26,27)28)16-22(21)32(36(34,35)20-4-2-1-3-5-20)17-23(33)31-14-12-30(13-15-31)19-8-10-29-11-9-19/h1-11,16H,12-15,17H2. The summed E-state index contributed by atoms with van der Waals surface area (Å²) in [5.74, 6) is -0.544. The van der Waals surface area contributed by atoms with Gasteiger partial charge in [0.15, 0.2) is 0 Å². The molecule has 12 heteroatoms. The number of alkyl halides is 3. The minimum atomic E-state index is -4.73. The molecule has 1 saturated heterocycles. The van der Waals surface area contributed by atoms with Gasteiger partial charge in [0.2, 0.25) is 5.91 Å². The summed E-state index contributed by atoms with van der Waals surface area (Å²) < 4.78 is 67.9. The average molecular weight is 539 g/mol. The molecule has 2 aromatic carbocycles. The number of anilines is 2. The first-order valence-corrected chi connectivity index (χ1v) is 12.8. The van der Waals surface area contributed by atoms with Crippen LogP contribution in [0.15, 0.2) is 78.0 Å². The highest BCUT2D eigenvalue weighted by molar-refractivity contribution is 7.92. The molecule has 0 unspecified atom stereocenters. The van der Waals surface area contributed by atoms with Crippen LogP contribution in [0.25, 0.3) is 0 Å². The molecular weight excluding hydrogens is 517 g/mol. The highest BCUT2D eigenvalue weighted by atomic mass is 35.5. The minimum Gasteiger partial charge on any atom is -0.368 e. The predicted octanol–water partition coefficient (Wildman–Crippen LogP) is 4.30. The summed E-state index contributed by atoms with van der Waals surface area (Å²) >= 11 is 6.18. The van der Waals surface area contributed by atoms with E-state index in [1.54, 1.807) is 18.5 Å². The van der Waals surface area contributed by atoms with Gasteiger partial charge in [-0.05, 0) is 42.5 Å². The van der Waals surface area contributed by atoms with Crippen molar-refractivity contribution >= 4 is 38.9 Å². The van der Waals surface area contributed by atoms with Gasteiger partial charge in [-0.1, -0.05) is 29.8 Å². The van der Waals surface area contributed by atoms with E-state index >= 15 is 0 Å². The van der Waals surface area contributed by atoms with Gasteiger partial charge in [-0.15, -0.1) is 0 Å². The second-order valence-corrected chi connectivity index (χ2v) is 10.3. The van der Waals surface area contributed by atoms with Crippen LogP contribution in [0, 0.1) is 0 Å². The molecule has 0 aliphatic carbocycles.